The highest BCUT2D eigenvalue weighted by atomic mass is 32.2. The van der Waals surface area contributed by atoms with Crippen molar-refractivity contribution in [3.8, 4) is 22.1 Å². The Balaban J connectivity index is 1.49. The van der Waals surface area contributed by atoms with Gasteiger partial charge in [-0.15, -0.1) is 21.5 Å². The molecule has 0 atom stereocenters. The van der Waals surface area contributed by atoms with Crippen molar-refractivity contribution in [3.05, 3.63) is 35.1 Å². The summed E-state index contributed by atoms with van der Waals surface area (Å²) in [6, 6.07) is 6.28. The molecule has 0 unspecified atom stereocenters. The van der Waals surface area contributed by atoms with Crippen molar-refractivity contribution in [2.75, 3.05) is 6.79 Å². The van der Waals surface area contributed by atoms with Gasteiger partial charge < -0.3 is 14.0 Å². The van der Waals surface area contributed by atoms with Crippen molar-refractivity contribution in [1.82, 2.24) is 19.7 Å². The van der Waals surface area contributed by atoms with E-state index in [4.69, 9.17) is 14.5 Å². The van der Waals surface area contributed by atoms with Gasteiger partial charge in [0.15, 0.2) is 16.7 Å². The van der Waals surface area contributed by atoms with E-state index in [0.29, 0.717) is 6.04 Å². The number of thioether (sulfide) groups is 1. The zero-order chi connectivity index (χ0) is 17.4. The molecule has 0 fully saturated rings. The minimum Gasteiger partial charge on any atom is -0.454 e. The van der Waals surface area contributed by atoms with Gasteiger partial charge in [-0.25, -0.2) is 4.98 Å². The maximum absolute atomic E-state index is 5.44. The van der Waals surface area contributed by atoms with Crippen molar-refractivity contribution >= 4 is 23.1 Å². The number of thiazole rings is 1. The number of aryl methyl sites for hydroxylation is 1. The van der Waals surface area contributed by atoms with Gasteiger partial charge in [0.05, 0.1) is 5.69 Å². The lowest BCUT2D eigenvalue weighted by molar-refractivity contribution is 0.174. The molecule has 3 aromatic rings. The number of fused-ring (bicyclic) bond motifs is 1. The lowest BCUT2D eigenvalue weighted by Gasteiger charge is -2.11. The van der Waals surface area contributed by atoms with Crippen LogP contribution in [0.3, 0.4) is 0 Å². The Bertz CT molecular complexity index is 904. The minimum atomic E-state index is 0.286. The van der Waals surface area contributed by atoms with Crippen LogP contribution >= 0.6 is 23.1 Å². The van der Waals surface area contributed by atoms with E-state index in [-0.39, 0.29) is 6.79 Å². The Morgan fingerprint density at radius 2 is 2.08 bits per heavy atom. The molecule has 0 aliphatic carbocycles. The van der Waals surface area contributed by atoms with Crippen LogP contribution in [0.1, 0.15) is 31.4 Å². The molecule has 25 heavy (non-hydrogen) atoms. The quantitative estimate of drug-likeness (QED) is 0.620. The highest BCUT2D eigenvalue weighted by Crippen LogP contribution is 2.37. The molecule has 0 spiro atoms. The number of ether oxygens (including phenoxy) is 2. The van der Waals surface area contributed by atoms with Crippen LogP contribution in [0.15, 0.2) is 28.7 Å². The van der Waals surface area contributed by atoms with E-state index in [9.17, 15) is 0 Å². The van der Waals surface area contributed by atoms with Crippen LogP contribution in [0.5, 0.6) is 11.5 Å². The molecular formula is C17H18N4O2S2. The standard InChI is InChI=1S/C17H18N4O2S2/c1-10(2)21-11(3)19-20-17(21)25-8-13-7-24-16(18-13)12-4-5-14-15(6-12)23-9-22-14/h4-7,10H,8-9H2,1-3H3. The first kappa shape index (κ1) is 16.4. The minimum absolute atomic E-state index is 0.286. The summed E-state index contributed by atoms with van der Waals surface area (Å²) in [5.74, 6) is 3.28. The summed E-state index contributed by atoms with van der Waals surface area (Å²) in [4.78, 5) is 4.75. The normalized spacial score (nSPS) is 13.0. The van der Waals surface area contributed by atoms with E-state index in [1.54, 1.807) is 23.1 Å². The summed E-state index contributed by atoms with van der Waals surface area (Å²) in [5.41, 5.74) is 2.09. The molecule has 1 aromatic carbocycles. The average Bonchev–Trinajstić information content (AvgIpc) is 3.31. The van der Waals surface area contributed by atoms with Gasteiger partial charge in [0, 0.05) is 22.7 Å². The zero-order valence-electron chi connectivity index (χ0n) is 14.2. The van der Waals surface area contributed by atoms with Gasteiger partial charge >= 0.3 is 0 Å². The summed E-state index contributed by atoms with van der Waals surface area (Å²) in [5, 5.41) is 12.5. The molecule has 8 heteroatoms. The second-order valence-corrected chi connectivity index (χ2v) is 7.79. The summed E-state index contributed by atoms with van der Waals surface area (Å²) in [7, 11) is 0. The third-order valence-electron chi connectivity index (χ3n) is 3.87. The SMILES string of the molecule is Cc1nnc(SCc2csc(-c3ccc4c(c3)OCO4)n2)n1C(C)C. The van der Waals surface area contributed by atoms with Gasteiger partial charge in [0.1, 0.15) is 10.8 Å². The Kier molecular flexibility index (Phi) is 4.39. The lowest BCUT2D eigenvalue weighted by Crippen LogP contribution is -2.04. The first-order valence-corrected chi connectivity index (χ1v) is 9.87. The number of benzene rings is 1. The molecule has 3 heterocycles. The molecule has 6 nitrogen and oxygen atoms in total. The number of aromatic nitrogens is 4. The molecule has 1 aliphatic rings. The van der Waals surface area contributed by atoms with E-state index < -0.39 is 0 Å². The van der Waals surface area contributed by atoms with E-state index in [1.165, 1.54) is 0 Å². The molecule has 0 amide bonds. The lowest BCUT2D eigenvalue weighted by atomic mass is 10.2. The first-order valence-electron chi connectivity index (χ1n) is 8.00. The predicted molar refractivity (Wildman–Crippen MR) is 98.4 cm³/mol. The number of nitrogens with zero attached hydrogens (tertiary/aromatic N) is 4. The molecule has 0 radical (unpaired) electrons. The largest absolute Gasteiger partial charge is 0.454 e. The predicted octanol–water partition coefficient (Wildman–Crippen LogP) is 4.31. The molecule has 1 aliphatic heterocycles. The Morgan fingerprint density at radius 1 is 1.24 bits per heavy atom. The maximum atomic E-state index is 5.44. The fraction of sp³-hybridized carbons (Fsp3) is 0.353. The molecular weight excluding hydrogens is 356 g/mol. The van der Waals surface area contributed by atoms with E-state index in [2.05, 4.69) is 34.0 Å². The van der Waals surface area contributed by atoms with Gasteiger partial charge in [-0.1, -0.05) is 11.8 Å². The van der Waals surface area contributed by atoms with Crippen LogP contribution in [-0.4, -0.2) is 26.5 Å². The van der Waals surface area contributed by atoms with Crippen LogP contribution in [0.25, 0.3) is 10.6 Å². The van der Waals surface area contributed by atoms with E-state index in [0.717, 1.165) is 44.5 Å². The fourth-order valence-electron chi connectivity index (χ4n) is 2.72. The van der Waals surface area contributed by atoms with Crippen LogP contribution in [-0.2, 0) is 5.75 Å². The van der Waals surface area contributed by atoms with Crippen LogP contribution in [0.4, 0.5) is 0 Å². The molecule has 0 N–H and O–H groups in total. The van der Waals surface area contributed by atoms with Crippen LogP contribution in [0.2, 0.25) is 0 Å². The van der Waals surface area contributed by atoms with Crippen molar-refractivity contribution in [3.63, 3.8) is 0 Å². The summed E-state index contributed by atoms with van der Waals surface area (Å²) in [6.07, 6.45) is 0. The van der Waals surface area contributed by atoms with Gasteiger partial charge in [-0.3, -0.25) is 0 Å². The summed E-state index contributed by atoms with van der Waals surface area (Å²) < 4.78 is 12.9. The van der Waals surface area contributed by atoms with Crippen molar-refractivity contribution in [1.29, 1.82) is 0 Å². The molecule has 0 saturated carbocycles. The Morgan fingerprint density at radius 3 is 2.92 bits per heavy atom. The molecule has 130 valence electrons. The molecule has 4 rings (SSSR count). The summed E-state index contributed by atoms with van der Waals surface area (Å²) >= 11 is 3.30. The Hall–Kier alpha value is -2.06. The number of hydrogen-bond donors (Lipinski definition) is 0. The van der Waals surface area contributed by atoms with E-state index >= 15 is 0 Å². The van der Waals surface area contributed by atoms with E-state index in [1.807, 2.05) is 25.1 Å². The summed E-state index contributed by atoms with van der Waals surface area (Å²) in [6.45, 7) is 6.55. The van der Waals surface area contributed by atoms with Crippen molar-refractivity contribution in [2.24, 2.45) is 0 Å². The van der Waals surface area contributed by atoms with Crippen LogP contribution < -0.4 is 9.47 Å². The first-order chi connectivity index (χ1) is 12.1. The highest BCUT2D eigenvalue weighted by molar-refractivity contribution is 7.98. The average molecular weight is 374 g/mol. The highest BCUT2D eigenvalue weighted by Gasteiger charge is 2.16. The molecule has 0 saturated heterocycles. The third kappa shape index (κ3) is 3.23. The number of rotatable bonds is 5. The van der Waals surface area contributed by atoms with Crippen molar-refractivity contribution < 1.29 is 9.47 Å². The second-order valence-electron chi connectivity index (χ2n) is 5.99. The Labute approximate surface area is 154 Å². The second kappa shape index (κ2) is 6.68. The smallest absolute Gasteiger partial charge is 0.231 e. The zero-order valence-corrected chi connectivity index (χ0v) is 15.9. The molecule has 0 bridgehead atoms. The topological polar surface area (TPSA) is 62.1 Å². The number of hydrogen-bond acceptors (Lipinski definition) is 7. The van der Waals surface area contributed by atoms with Gasteiger partial charge in [-0.05, 0) is 39.0 Å². The van der Waals surface area contributed by atoms with Gasteiger partial charge in [-0.2, -0.15) is 0 Å². The van der Waals surface area contributed by atoms with Crippen molar-refractivity contribution in [2.45, 2.75) is 37.7 Å². The monoisotopic (exact) mass is 374 g/mol. The van der Waals surface area contributed by atoms with Gasteiger partial charge in [0.2, 0.25) is 6.79 Å². The maximum Gasteiger partial charge on any atom is 0.231 e. The van der Waals surface area contributed by atoms with Crippen LogP contribution in [0, 0.1) is 6.92 Å². The van der Waals surface area contributed by atoms with Gasteiger partial charge in [0.25, 0.3) is 0 Å². The molecule has 2 aromatic heterocycles. The third-order valence-corrected chi connectivity index (χ3v) is 5.79. The fourth-order valence-corrected chi connectivity index (χ4v) is 4.64.